The molecule has 9 heteroatoms. The van der Waals surface area contributed by atoms with Crippen molar-refractivity contribution >= 4 is 23.0 Å². The van der Waals surface area contributed by atoms with Crippen LogP contribution in [0.5, 0.6) is 11.5 Å². The second-order valence-electron chi connectivity index (χ2n) is 8.06. The molecule has 0 unspecified atom stereocenters. The summed E-state index contributed by atoms with van der Waals surface area (Å²) in [5.41, 5.74) is 1.26. The summed E-state index contributed by atoms with van der Waals surface area (Å²) in [5, 5.41) is 9.77. The zero-order valence-electron chi connectivity index (χ0n) is 19.7. The maximum absolute atomic E-state index is 12.8. The molecule has 1 heterocycles. The van der Waals surface area contributed by atoms with Crippen LogP contribution in [0.4, 0.5) is 4.79 Å². The lowest BCUT2D eigenvalue weighted by atomic mass is 10.2. The van der Waals surface area contributed by atoms with Crippen LogP contribution in [0, 0.1) is 6.92 Å². The first-order valence-electron chi connectivity index (χ1n) is 11.3. The van der Waals surface area contributed by atoms with E-state index in [0.29, 0.717) is 40.3 Å². The van der Waals surface area contributed by atoms with Crippen LogP contribution in [0.2, 0.25) is 0 Å². The molecule has 0 fully saturated rings. The Morgan fingerprint density at radius 1 is 0.944 bits per heavy atom. The van der Waals surface area contributed by atoms with Crippen LogP contribution < -0.4 is 15.0 Å². The first-order chi connectivity index (χ1) is 17.4. The number of carbonyl (C=O) groups excluding carboxylic acids is 1. The number of para-hydroxylation sites is 2. The molecule has 1 amide bonds. The highest BCUT2D eigenvalue weighted by molar-refractivity contribution is 5.78. The van der Waals surface area contributed by atoms with Crippen molar-refractivity contribution in [3.05, 3.63) is 101 Å². The van der Waals surface area contributed by atoms with E-state index in [-0.39, 0.29) is 18.7 Å². The predicted octanol–water partition coefficient (Wildman–Crippen LogP) is 3.87. The molecule has 0 atom stereocenters. The molecule has 36 heavy (non-hydrogen) atoms. The number of aliphatic carboxylic acids is 1. The van der Waals surface area contributed by atoms with E-state index in [1.54, 1.807) is 72.2 Å². The number of benzene rings is 3. The summed E-state index contributed by atoms with van der Waals surface area (Å²) in [6.45, 7) is 1.93. The fraction of sp³-hybridized carbons (Fsp3) is 0.185. The normalized spacial score (nSPS) is 10.7. The highest BCUT2D eigenvalue weighted by atomic mass is 16.6. The van der Waals surface area contributed by atoms with Gasteiger partial charge in [0.25, 0.3) is 5.56 Å². The summed E-state index contributed by atoms with van der Waals surface area (Å²) in [6, 6.07) is 22.6. The number of carboxylic acids is 1. The number of carboxylic acid groups (broad SMARTS) is 1. The van der Waals surface area contributed by atoms with Gasteiger partial charge in [0.15, 0.2) is 0 Å². The summed E-state index contributed by atoms with van der Waals surface area (Å²) in [4.78, 5) is 42.1. The zero-order chi connectivity index (χ0) is 25.5. The largest absolute Gasteiger partial charge is 0.492 e. The third-order valence-corrected chi connectivity index (χ3v) is 5.47. The van der Waals surface area contributed by atoms with Crippen LogP contribution in [-0.2, 0) is 17.9 Å². The summed E-state index contributed by atoms with van der Waals surface area (Å²) in [5.74, 6) is 0.375. The van der Waals surface area contributed by atoms with Gasteiger partial charge in [0.05, 0.1) is 17.4 Å². The van der Waals surface area contributed by atoms with Gasteiger partial charge in [-0.25, -0.2) is 9.78 Å². The van der Waals surface area contributed by atoms with Gasteiger partial charge in [-0.1, -0.05) is 42.5 Å². The van der Waals surface area contributed by atoms with E-state index < -0.39 is 18.6 Å². The van der Waals surface area contributed by atoms with Gasteiger partial charge in [-0.05, 0) is 48.9 Å². The summed E-state index contributed by atoms with van der Waals surface area (Å²) in [7, 11) is 0. The number of nitrogens with zero attached hydrogens (tertiary/aromatic N) is 3. The molecule has 0 saturated carbocycles. The van der Waals surface area contributed by atoms with E-state index in [4.69, 9.17) is 9.47 Å². The average molecular weight is 488 g/mol. The molecule has 1 N–H and O–H groups in total. The minimum absolute atomic E-state index is 0.0512. The maximum atomic E-state index is 12.8. The fourth-order valence-electron chi connectivity index (χ4n) is 3.71. The number of amides is 1. The van der Waals surface area contributed by atoms with E-state index in [2.05, 4.69) is 4.98 Å². The average Bonchev–Trinajstić information content (AvgIpc) is 2.87. The van der Waals surface area contributed by atoms with Crippen molar-refractivity contribution in [2.75, 3.05) is 13.2 Å². The maximum Gasteiger partial charge on any atom is 0.416 e. The van der Waals surface area contributed by atoms with Crippen molar-refractivity contribution < 1.29 is 24.2 Å². The molecule has 3 aromatic carbocycles. The van der Waals surface area contributed by atoms with Crippen LogP contribution in [0.15, 0.2) is 83.7 Å². The van der Waals surface area contributed by atoms with Crippen molar-refractivity contribution in [3.8, 4) is 11.5 Å². The van der Waals surface area contributed by atoms with E-state index in [1.807, 2.05) is 18.2 Å². The number of fused-ring (bicyclic) bond motifs is 1. The van der Waals surface area contributed by atoms with Crippen LogP contribution in [0.3, 0.4) is 0 Å². The number of rotatable bonds is 9. The fourth-order valence-corrected chi connectivity index (χ4v) is 3.71. The Kier molecular flexibility index (Phi) is 7.60. The third kappa shape index (κ3) is 6.06. The quantitative estimate of drug-likeness (QED) is 0.382. The van der Waals surface area contributed by atoms with Gasteiger partial charge in [-0.3, -0.25) is 19.1 Å². The Morgan fingerprint density at radius 3 is 2.36 bits per heavy atom. The van der Waals surface area contributed by atoms with Gasteiger partial charge in [-0.2, -0.15) is 0 Å². The standard InChI is InChI=1S/C27H25N3O6/c1-19-28-24-10-6-5-9-23(24)26(33)30(19)15-16-35-21-13-11-20(12-14-21)17-29(18-25(31)32)27(34)36-22-7-3-2-4-8-22/h2-14H,15-18H2,1H3,(H,31,32). The van der Waals surface area contributed by atoms with Crippen LogP contribution >= 0.6 is 0 Å². The number of hydrogen-bond acceptors (Lipinski definition) is 6. The monoisotopic (exact) mass is 487 g/mol. The van der Waals surface area contributed by atoms with Crippen LogP contribution in [0.25, 0.3) is 10.9 Å². The summed E-state index contributed by atoms with van der Waals surface area (Å²) >= 11 is 0. The Balaban J connectivity index is 1.37. The molecule has 0 aliphatic carbocycles. The van der Waals surface area contributed by atoms with Gasteiger partial charge in [0.2, 0.25) is 0 Å². The minimum atomic E-state index is -1.14. The number of aromatic nitrogens is 2. The van der Waals surface area contributed by atoms with Gasteiger partial charge < -0.3 is 14.6 Å². The molecule has 9 nitrogen and oxygen atoms in total. The summed E-state index contributed by atoms with van der Waals surface area (Å²) in [6.07, 6.45) is -0.756. The third-order valence-electron chi connectivity index (χ3n) is 5.47. The highest BCUT2D eigenvalue weighted by Gasteiger charge is 2.19. The van der Waals surface area contributed by atoms with Crippen molar-refractivity contribution in [3.63, 3.8) is 0 Å². The second-order valence-corrected chi connectivity index (χ2v) is 8.06. The van der Waals surface area contributed by atoms with Crippen molar-refractivity contribution in [2.24, 2.45) is 0 Å². The molecule has 4 aromatic rings. The smallest absolute Gasteiger partial charge is 0.416 e. The van der Waals surface area contributed by atoms with E-state index in [1.165, 1.54) is 0 Å². The Labute approximate surface area is 207 Å². The number of ether oxygens (including phenoxy) is 2. The topological polar surface area (TPSA) is 111 Å². The van der Waals surface area contributed by atoms with Gasteiger partial charge in [0, 0.05) is 6.54 Å². The Bertz CT molecular complexity index is 1420. The number of aryl methyl sites for hydroxylation is 1. The molecule has 0 bridgehead atoms. The molecular weight excluding hydrogens is 462 g/mol. The first kappa shape index (κ1) is 24.5. The lowest BCUT2D eigenvalue weighted by Crippen LogP contribution is -2.37. The molecule has 184 valence electrons. The highest BCUT2D eigenvalue weighted by Crippen LogP contribution is 2.16. The van der Waals surface area contributed by atoms with Crippen molar-refractivity contribution in [2.45, 2.75) is 20.0 Å². The molecule has 0 aliphatic rings. The van der Waals surface area contributed by atoms with Gasteiger partial charge >= 0.3 is 12.1 Å². The Hall–Kier alpha value is -4.66. The number of hydrogen-bond donors (Lipinski definition) is 1. The van der Waals surface area contributed by atoms with Gasteiger partial charge in [-0.15, -0.1) is 0 Å². The first-order valence-corrected chi connectivity index (χ1v) is 11.3. The van der Waals surface area contributed by atoms with Crippen LogP contribution in [-0.4, -0.2) is 44.8 Å². The molecular formula is C27H25N3O6. The molecule has 4 rings (SSSR count). The van der Waals surface area contributed by atoms with E-state index in [9.17, 15) is 19.5 Å². The lowest BCUT2D eigenvalue weighted by molar-refractivity contribution is -0.138. The summed E-state index contributed by atoms with van der Waals surface area (Å²) < 4.78 is 12.7. The van der Waals surface area contributed by atoms with Crippen molar-refractivity contribution in [1.82, 2.24) is 14.5 Å². The molecule has 0 radical (unpaired) electrons. The SMILES string of the molecule is Cc1nc2ccccc2c(=O)n1CCOc1ccc(CN(CC(=O)O)C(=O)Oc2ccccc2)cc1. The minimum Gasteiger partial charge on any atom is -0.492 e. The lowest BCUT2D eigenvalue weighted by Gasteiger charge is -2.20. The molecule has 1 aromatic heterocycles. The van der Waals surface area contributed by atoms with Gasteiger partial charge in [0.1, 0.15) is 30.5 Å². The second kappa shape index (κ2) is 11.2. The van der Waals surface area contributed by atoms with Crippen molar-refractivity contribution in [1.29, 1.82) is 0 Å². The molecule has 0 saturated heterocycles. The molecule has 0 aliphatic heterocycles. The predicted molar refractivity (Wildman–Crippen MR) is 133 cm³/mol. The zero-order valence-corrected chi connectivity index (χ0v) is 19.7. The van der Waals surface area contributed by atoms with E-state index >= 15 is 0 Å². The van der Waals surface area contributed by atoms with E-state index in [0.717, 1.165) is 4.90 Å². The number of carbonyl (C=O) groups is 2. The van der Waals surface area contributed by atoms with Crippen LogP contribution in [0.1, 0.15) is 11.4 Å². The molecule has 0 spiro atoms. The Morgan fingerprint density at radius 2 is 1.64 bits per heavy atom.